The Morgan fingerprint density at radius 1 is 1.20 bits per heavy atom. The van der Waals surface area contributed by atoms with Crippen LogP contribution in [-0.2, 0) is 20.7 Å². The van der Waals surface area contributed by atoms with Crippen LogP contribution < -0.4 is 0 Å². The highest BCUT2D eigenvalue weighted by atomic mass is 35.5. The van der Waals surface area contributed by atoms with Crippen LogP contribution in [0.1, 0.15) is 38.7 Å². The Hall–Kier alpha value is -1.35. The Balaban J connectivity index is 2.71. The van der Waals surface area contributed by atoms with E-state index in [1.165, 1.54) is 5.56 Å². The van der Waals surface area contributed by atoms with Crippen molar-refractivity contribution in [2.24, 2.45) is 5.41 Å². The molecule has 0 aliphatic heterocycles. The zero-order valence-corrected chi connectivity index (χ0v) is 12.8. The largest absolute Gasteiger partial charge is 0.466 e. The normalized spacial score (nSPS) is 13.6. The van der Waals surface area contributed by atoms with E-state index >= 15 is 0 Å². The number of rotatable bonds is 8. The highest BCUT2D eigenvalue weighted by molar-refractivity contribution is 6.63. The van der Waals surface area contributed by atoms with Gasteiger partial charge in [0.15, 0.2) is 0 Å². The number of ether oxygens (including phenoxy) is 1. The quantitative estimate of drug-likeness (QED) is 0.542. The monoisotopic (exact) mass is 296 g/mol. The molecule has 0 fully saturated rings. The maximum Gasteiger partial charge on any atom is 0.311 e. The van der Waals surface area contributed by atoms with E-state index in [4.69, 9.17) is 16.3 Å². The van der Waals surface area contributed by atoms with E-state index in [1.807, 2.05) is 37.3 Å². The lowest BCUT2D eigenvalue weighted by molar-refractivity contribution is -0.155. The van der Waals surface area contributed by atoms with Gasteiger partial charge < -0.3 is 4.74 Å². The Morgan fingerprint density at radius 2 is 1.85 bits per heavy atom. The number of benzene rings is 1. The molecule has 110 valence electrons. The van der Waals surface area contributed by atoms with E-state index in [0.717, 1.165) is 6.42 Å². The van der Waals surface area contributed by atoms with Gasteiger partial charge in [0.2, 0.25) is 5.24 Å². The second-order valence-electron chi connectivity index (χ2n) is 5.12. The van der Waals surface area contributed by atoms with Crippen molar-refractivity contribution in [3.63, 3.8) is 0 Å². The van der Waals surface area contributed by atoms with Crippen molar-refractivity contribution >= 4 is 22.8 Å². The molecule has 0 bridgehead atoms. The second-order valence-corrected chi connectivity index (χ2v) is 5.54. The van der Waals surface area contributed by atoms with Gasteiger partial charge in [0.05, 0.1) is 12.0 Å². The molecule has 4 heteroatoms. The molecular formula is C16H21ClO3. The van der Waals surface area contributed by atoms with Crippen LogP contribution in [0.4, 0.5) is 0 Å². The number of esters is 1. The SMILES string of the molecule is CCOC(=O)[C@@](C)(CCC(=O)Cl)CCc1ccccc1. The molecule has 0 radical (unpaired) electrons. The lowest BCUT2D eigenvalue weighted by atomic mass is 9.80. The summed E-state index contributed by atoms with van der Waals surface area (Å²) in [5, 5.41) is -0.416. The molecule has 20 heavy (non-hydrogen) atoms. The van der Waals surface area contributed by atoms with Crippen molar-refractivity contribution in [1.29, 1.82) is 0 Å². The molecule has 3 nitrogen and oxygen atoms in total. The van der Waals surface area contributed by atoms with Gasteiger partial charge in [-0.15, -0.1) is 0 Å². The van der Waals surface area contributed by atoms with E-state index in [2.05, 4.69) is 0 Å². The summed E-state index contributed by atoms with van der Waals surface area (Å²) in [6.07, 6.45) is 2.01. The molecule has 1 atom stereocenters. The summed E-state index contributed by atoms with van der Waals surface area (Å²) in [4.78, 5) is 23.1. The molecule has 0 aromatic heterocycles. The van der Waals surface area contributed by atoms with Crippen molar-refractivity contribution in [1.82, 2.24) is 0 Å². The molecule has 0 aliphatic carbocycles. The molecule has 0 amide bonds. The summed E-state index contributed by atoms with van der Waals surface area (Å²) in [7, 11) is 0. The molecule has 1 aromatic carbocycles. The molecule has 0 spiro atoms. The second kappa shape index (κ2) is 8.05. The van der Waals surface area contributed by atoms with Gasteiger partial charge in [-0.25, -0.2) is 0 Å². The maximum atomic E-state index is 12.1. The standard InChI is InChI=1S/C16H21ClO3/c1-3-20-15(19)16(2,12-10-14(17)18)11-9-13-7-5-4-6-8-13/h4-8H,3,9-12H2,1-2H3/t16-/m1/s1. The third-order valence-electron chi connectivity index (χ3n) is 3.45. The fourth-order valence-electron chi connectivity index (χ4n) is 2.07. The smallest absolute Gasteiger partial charge is 0.311 e. The van der Waals surface area contributed by atoms with Gasteiger partial charge in [0.1, 0.15) is 0 Å². The zero-order valence-electron chi connectivity index (χ0n) is 12.0. The molecular weight excluding hydrogens is 276 g/mol. The number of halogens is 1. The summed E-state index contributed by atoms with van der Waals surface area (Å²) in [5.74, 6) is -0.256. The highest BCUT2D eigenvalue weighted by Crippen LogP contribution is 2.31. The van der Waals surface area contributed by atoms with Gasteiger partial charge in [-0.1, -0.05) is 30.3 Å². The molecule has 0 unspecified atom stereocenters. The topological polar surface area (TPSA) is 43.4 Å². The number of carbonyl (C=O) groups is 2. The number of hydrogen-bond donors (Lipinski definition) is 0. The Morgan fingerprint density at radius 3 is 2.40 bits per heavy atom. The first-order valence-electron chi connectivity index (χ1n) is 6.87. The minimum absolute atomic E-state index is 0.186. The Bertz CT molecular complexity index is 444. The van der Waals surface area contributed by atoms with E-state index in [1.54, 1.807) is 6.92 Å². The van der Waals surface area contributed by atoms with E-state index in [-0.39, 0.29) is 12.4 Å². The minimum atomic E-state index is -0.670. The van der Waals surface area contributed by atoms with Gasteiger partial charge in [0, 0.05) is 6.42 Å². The predicted octanol–water partition coefficient (Wildman–Crippen LogP) is 3.73. The summed E-state index contributed by atoms with van der Waals surface area (Å²) in [5.41, 5.74) is 0.497. The summed E-state index contributed by atoms with van der Waals surface area (Å²) < 4.78 is 5.13. The van der Waals surface area contributed by atoms with Crippen LogP contribution in [0.3, 0.4) is 0 Å². The lowest BCUT2D eigenvalue weighted by Crippen LogP contribution is -2.31. The zero-order chi connectivity index (χ0) is 15.0. The van der Waals surface area contributed by atoms with Crippen molar-refractivity contribution in [2.45, 2.75) is 39.5 Å². The minimum Gasteiger partial charge on any atom is -0.466 e. The molecule has 0 saturated carbocycles. The lowest BCUT2D eigenvalue weighted by Gasteiger charge is -2.26. The summed E-state index contributed by atoms with van der Waals surface area (Å²) in [6, 6.07) is 9.95. The van der Waals surface area contributed by atoms with Crippen LogP contribution in [0, 0.1) is 5.41 Å². The van der Waals surface area contributed by atoms with Crippen molar-refractivity contribution in [3.8, 4) is 0 Å². The summed E-state index contributed by atoms with van der Waals surface area (Å²) >= 11 is 5.39. The number of carbonyl (C=O) groups excluding carboxylic acids is 2. The first kappa shape index (κ1) is 16.7. The predicted molar refractivity (Wildman–Crippen MR) is 79.6 cm³/mol. The van der Waals surface area contributed by atoms with Crippen LogP contribution in [-0.4, -0.2) is 17.8 Å². The van der Waals surface area contributed by atoms with E-state index in [0.29, 0.717) is 19.4 Å². The fraction of sp³-hybridized carbons (Fsp3) is 0.500. The van der Waals surface area contributed by atoms with Gasteiger partial charge in [-0.05, 0) is 50.3 Å². The van der Waals surface area contributed by atoms with Crippen molar-refractivity contribution in [2.75, 3.05) is 6.61 Å². The molecule has 0 N–H and O–H groups in total. The highest BCUT2D eigenvalue weighted by Gasteiger charge is 2.34. The fourth-order valence-corrected chi connectivity index (χ4v) is 2.17. The van der Waals surface area contributed by atoms with Gasteiger partial charge in [-0.2, -0.15) is 0 Å². The van der Waals surface area contributed by atoms with E-state index < -0.39 is 10.7 Å². The van der Waals surface area contributed by atoms with Gasteiger partial charge in [-0.3, -0.25) is 9.59 Å². The van der Waals surface area contributed by atoms with Crippen LogP contribution in [0.25, 0.3) is 0 Å². The van der Waals surface area contributed by atoms with Gasteiger partial charge in [0.25, 0.3) is 0 Å². The molecule has 1 rings (SSSR count). The van der Waals surface area contributed by atoms with Crippen LogP contribution in [0.2, 0.25) is 0 Å². The average molecular weight is 297 g/mol. The molecule has 0 saturated heterocycles. The third kappa shape index (κ3) is 5.33. The van der Waals surface area contributed by atoms with Crippen LogP contribution >= 0.6 is 11.6 Å². The van der Waals surface area contributed by atoms with E-state index in [9.17, 15) is 9.59 Å². The molecule has 1 aromatic rings. The first-order valence-corrected chi connectivity index (χ1v) is 7.25. The molecule has 0 aliphatic rings. The Kier molecular flexibility index (Phi) is 6.73. The van der Waals surface area contributed by atoms with Crippen molar-refractivity contribution < 1.29 is 14.3 Å². The van der Waals surface area contributed by atoms with Crippen molar-refractivity contribution in [3.05, 3.63) is 35.9 Å². The third-order valence-corrected chi connectivity index (χ3v) is 3.64. The number of hydrogen-bond acceptors (Lipinski definition) is 3. The average Bonchev–Trinajstić information content (AvgIpc) is 2.44. The first-order chi connectivity index (χ1) is 9.48. The van der Waals surface area contributed by atoms with Crippen LogP contribution in [0.15, 0.2) is 30.3 Å². The number of aryl methyl sites for hydroxylation is 1. The summed E-state index contributed by atoms with van der Waals surface area (Å²) in [6.45, 7) is 3.96. The van der Waals surface area contributed by atoms with Crippen LogP contribution in [0.5, 0.6) is 0 Å². The van der Waals surface area contributed by atoms with Gasteiger partial charge >= 0.3 is 5.97 Å². The molecule has 0 heterocycles. The Labute approximate surface area is 125 Å². The maximum absolute atomic E-state index is 12.1.